The van der Waals surface area contributed by atoms with Crippen molar-refractivity contribution in [2.45, 2.75) is 47.1 Å². The van der Waals surface area contributed by atoms with Crippen LogP contribution in [0.15, 0.2) is 24.3 Å². The number of amides is 1. The van der Waals surface area contributed by atoms with E-state index in [4.69, 9.17) is 14.2 Å². The third-order valence-electron chi connectivity index (χ3n) is 5.98. The summed E-state index contributed by atoms with van der Waals surface area (Å²) in [4.78, 5) is 41.2. The van der Waals surface area contributed by atoms with Crippen molar-refractivity contribution < 1.29 is 28.6 Å². The number of Topliss-reactive ketones (excluding diaryl/α,β-unsaturated/α-hetero) is 1. The Hall–Kier alpha value is -3.13. The highest BCUT2D eigenvalue weighted by atomic mass is 16.5. The molecule has 1 amide bonds. The maximum absolute atomic E-state index is 13.7. The molecule has 0 saturated carbocycles. The number of hydrogen-bond donors (Lipinski definition) is 0. The lowest BCUT2D eigenvalue weighted by Gasteiger charge is -2.29. The molecule has 0 spiro atoms. The van der Waals surface area contributed by atoms with Crippen LogP contribution in [0.1, 0.15) is 69.7 Å². The van der Waals surface area contributed by atoms with Gasteiger partial charge in [0.1, 0.15) is 11.4 Å². The second-order valence-corrected chi connectivity index (χ2v) is 8.03. The molecule has 0 N–H and O–H groups in total. The number of rotatable bonds is 12. The summed E-state index contributed by atoms with van der Waals surface area (Å²) in [7, 11) is 3.30. The van der Waals surface area contributed by atoms with Gasteiger partial charge in [0.15, 0.2) is 5.78 Å². The first kappa shape index (κ1) is 27.1. The fraction of sp³-hybridized carbons (Fsp3) is 0.500. The highest BCUT2D eigenvalue weighted by molar-refractivity contribution is 6.07. The number of ketones is 1. The van der Waals surface area contributed by atoms with Crippen molar-refractivity contribution >= 4 is 17.7 Å². The average molecular weight is 473 g/mol. The summed E-state index contributed by atoms with van der Waals surface area (Å²) in [5, 5.41) is 0. The molecule has 0 fully saturated rings. The molecule has 1 aromatic heterocycles. The van der Waals surface area contributed by atoms with Crippen LogP contribution in [0.5, 0.6) is 5.75 Å². The Kier molecular flexibility index (Phi) is 9.86. The number of esters is 1. The van der Waals surface area contributed by atoms with Crippen molar-refractivity contribution in [1.29, 1.82) is 0 Å². The van der Waals surface area contributed by atoms with Crippen LogP contribution in [-0.2, 0) is 16.5 Å². The fourth-order valence-corrected chi connectivity index (χ4v) is 4.03. The number of hydrogen-bond acceptors (Lipinski definition) is 6. The average Bonchev–Trinajstić information content (AvgIpc) is 3.05. The van der Waals surface area contributed by atoms with E-state index in [9.17, 15) is 14.4 Å². The molecule has 0 bridgehead atoms. The van der Waals surface area contributed by atoms with E-state index < -0.39 is 12.0 Å². The predicted molar refractivity (Wildman–Crippen MR) is 130 cm³/mol. The Bertz CT molecular complexity index is 1010. The molecular formula is C26H36N2O6. The van der Waals surface area contributed by atoms with E-state index in [1.807, 2.05) is 6.92 Å². The Morgan fingerprint density at radius 2 is 1.71 bits per heavy atom. The van der Waals surface area contributed by atoms with Crippen LogP contribution in [0.2, 0.25) is 0 Å². The van der Waals surface area contributed by atoms with E-state index in [0.29, 0.717) is 60.0 Å². The highest BCUT2D eigenvalue weighted by Gasteiger charge is 2.32. The van der Waals surface area contributed by atoms with Crippen molar-refractivity contribution in [1.82, 2.24) is 9.47 Å². The quantitative estimate of drug-likeness (QED) is 0.264. The second kappa shape index (κ2) is 12.4. The number of methoxy groups -OCH3 is 1. The van der Waals surface area contributed by atoms with Gasteiger partial charge < -0.3 is 23.7 Å². The van der Waals surface area contributed by atoms with Gasteiger partial charge in [-0.3, -0.25) is 9.59 Å². The lowest BCUT2D eigenvalue weighted by Crippen LogP contribution is -2.44. The van der Waals surface area contributed by atoms with Crippen LogP contribution < -0.4 is 4.74 Å². The monoisotopic (exact) mass is 472 g/mol. The third kappa shape index (κ3) is 5.86. The van der Waals surface area contributed by atoms with Crippen molar-refractivity contribution in [3.8, 4) is 5.75 Å². The Balaban J connectivity index is 2.40. The van der Waals surface area contributed by atoms with Gasteiger partial charge in [-0.2, -0.15) is 0 Å². The Morgan fingerprint density at radius 1 is 1.06 bits per heavy atom. The predicted octanol–water partition coefficient (Wildman–Crippen LogP) is 3.97. The standard InChI is InChI=1S/C26H36N2O6/c1-8-33-16-10-15-28(25(30)20-11-13-21(32-7)14-12-20)19(5)24(29)22-17(3)23(26(31)34-9-2)27(6)18(22)4/h11-14,19H,8-10,15-16H2,1-7H3. The van der Waals surface area contributed by atoms with Crippen LogP contribution in [0.3, 0.4) is 0 Å². The normalized spacial score (nSPS) is 11.7. The SMILES string of the molecule is CCOCCCN(C(=O)c1ccc(OC)cc1)C(C)C(=O)c1c(C)c(C(=O)OCC)n(C)c1C. The van der Waals surface area contributed by atoms with E-state index in [0.717, 1.165) is 0 Å². The summed E-state index contributed by atoms with van der Waals surface area (Å²) >= 11 is 0. The first-order chi connectivity index (χ1) is 16.2. The zero-order valence-electron chi connectivity index (χ0n) is 21.3. The van der Waals surface area contributed by atoms with E-state index in [1.165, 1.54) is 0 Å². The molecule has 2 rings (SSSR count). The minimum atomic E-state index is -0.744. The molecule has 1 unspecified atom stereocenters. The van der Waals surface area contributed by atoms with Gasteiger partial charge in [0.05, 0.1) is 19.8 Å². The fourth-order valence-electron chi connectivity index (χ4n) is 4.03. The molecule has 1 heterocycles. The zero-order valence-corrected chi connectivity index (χ0v) is 21.3. The molecule has 0 aliphatic heterocycles. The molecule has 0 aliphatic rings. The summed E-state index contributed by atoms with van der Waals surface area (Å²) in [5.41, 5.74) is 2.46. The maximum Gasteiger partial charge on any atom is 0.355 e. The van der Waals surface area contributed by atoms with E-state index >= 15 is 0 Å². The van der Waals surface area contributed by atoms with Gasteiger partial charge in [-0.1, -0.05) is 0 Å². The molecule has 8 nitrogen and oxygen atoms in total. The van der Waals surface area contributed by atoms with Crippen LogP contribution in [0, 0.1) is 13.8 Å². The van der Waals surface area contributed by atoms with E-state index in [2.05, 4.69) is 0 Å². The number of nitrogens with zero attached hydrogens (tertiary/aromatic N) is 2. The molecule has 0 aliphatic carbocycles. The summed E-state index contributed by atoms with van der Waals surface area (Å²) in [6.07, 6.45) is 0.591. The molecule has 8 heteroatoms. The van der Waals surface area contributed by atoms with Gasteiger partial charge in [-0.05, 0) is 70.9 Å². The molecule has 2 aromatic rings. The van der Waals surface area contributed by atoms with Gasteiger partial charge in [0, 0.05) is 43.6 Å². The molecule has 0 radical (unpaired) electrons. The Morgan fingerprint density at radius 3 is 2.26 bits per heavy atom. The van der Waals surface area contributed by atoms with Crippen LogP contribution in [0.25, 0.3) is 0 Å². The summed E-state index contributed by atoms with van der Waals surface area (Å²) in [5.74, 6) is -0.304. The molecule has 34 heavy (non-hydrogen) atoms. The molecule has 186 valence electrons. The number of benzene rings is 1. The highest BCUT2D eigenvalue weighted by Crippen LogP contribution is 2.25. The largest absolute Gasteiger partial charge is 0.497 e. The summed E-state index contributed by atoms with van der Waals surface area (Å²) < 4.78 is 17.5. The minimum absolute atomic E-state index is 0.223. The van der Waals surface area contributed by atoms with Crippen LogP contribution in [0.4, 0.5) is 0 Å². The molecular weight excluding hydrogens is 436 g/mol. The number of carbonyl (C=O) groups is 3. The second-order valence-electron chi connectivity index (χ2n) is 8.03. The van der Waals surface area contributed by atoms with E-state index in [1.54, 1.807) is 75.6 Å². The minimum Gasteiger partial charge on any atom is -0.497 e. The lowest BCUT2D eigenvalue weighted by molar-refractivity contribution is 0.0513. The van der Waals surface area contributed by atoms with Crippen molar-refractivity contribution in [3.05, 3.63) is 52.3 Å². The van der Waals surface area contributed by atoms with Crippen LogP contribution in [-0.4, -0.2) is 66.6 Å². The smallest absolute Gasteiger partial charge is 0.355 e. The van der Waals surface area contributed by atoms with Gasteiger partial charge >= 0.3 is 5.97 Å². The Labute approximate surface area is 201 Å². The van der Waals surface area contributed by atoms with Gasteiger partial charge in [-0.25, -0.2) is 4.79 Å². The lowest BCUT2D eigenvalue weighted by atomic mass is 9.99. The number of carbonyl (C=O) groups excluding carboxylic acids is 3. The summed E-state index contributed by atoms with van der Waals surface area (Å²) in [6.45, 7) is 10.6. The number of aromatic nitrogens is 1. The topological polar surface area (TPSA) is 87.1 Å². The van der Waals surface area contributed by atoms with Gasteiger partial charge in [0.2, 0.25) is 0 Å². The summed E-state index contributed by atoms with van der Waals surface area (Å²) in [6, 6.07) is 6.06. The van der Waals surface area contributed by atoms with Crippen molar-refractivity contribution in [2.75, 3.05) is 33.5 Å². The third-order valence-corrected chi connectivity index (χ3v) is 5.98. The van der Waals surface area contributed by atoms with Crippen molar-refractivity contribution in [2.24, 2.45) is 7.05 Å². The first-order valence-electron chi connectivity index (χ1n) is 11.6. The van der Waals surface area contributed by atoms with Crippen molar-refractivity contribution in [3.63, 3.8) is 0 Å². The molecule has 1 atom stereocenters. The first-order valence-corrected chi connectivity index (χ1v) is 11.6. The molecule has 0 saturated heterocycles. The maximum atomic E-state index is 13.7. The number of ether oxygens (including phenoxy) is 3. The van der Waals surface area contributed by atoms with Gasteiger partial charge in [0.25, 0.3) is 5.91 Å². The molecule has 1 aromatic carbocycles. The van der Waals surface area contributed by atoms with Gasteiger partial charge in [-0.15, -0.1) is 0 Å². The zero-order chi connectivity index (χ0) is 25.4. The van der Waals surface area contributed by atoms with E-state index in [-0.39, 0.29) is 18.3 Å². The van der Waals surface area contributed by atoms with Crippen LogP contribution >= 0.6 is 0 Å².